The van der Waals surface area contributed by atoms with Crippen LogP contribution in [0, 0.1) is 0 Å². The summed E-state index contributed by atoms with van der Waals surface area (Å²) in [5.74, 6) is -0.424. The van der Waals surface area contributed by atoms with Gasteiger partial charge in [-0.25, -0.2) is 14.8 Å². The Kier molecular flexibility index (Phi) is 3.03. The van der Waals surface area contributed by atoms with E-state index in [2.05, 4.69) is 9.97 Å². The molecule has 16 heavy (non-hydrogen) atoms. The van der Waals surface area contributed by atoms with Crippen molar-refractivity contribution in [2.45, 2.75) is 26.2 Å². The highest BCUT2D eigenvalue weighted by Gasteiger charge is 2.17. The third-order valence-electron chi connectivity index (χ3n) is 2.74. The molecule has 0 spiro atoms. The van der Waals surface area contributed by atoms with E-state index in [-0.39, 0.29) is 5.69 Å². The number of anilines is 1. The summed E-state index contributed by atoms with van der Waals surface area (Å²) in [7, 11) is 0. The Morgan fingerprint density at radius 1 is 1.44 bits per heavy atom. The number of carboxylic acids is 1. The van der Waals surface area contributed by atoms with Crippen LogP contribution in [0.3, 0.4) is 0 Å². The van der Waals surface area contributed by atoms with Crippen molar-refractivity contribution in [1.29, 1.82) is 0 Å². The zero-order chi connectivity index (χ0) is 11.5. The van der Waals surface area contributed by atoms with Crippen LogP contribution in [0.4, 0.5) is 5.95 Å². The van der Waals surface area contributed by atoms with Crippen LogP contribution >= 0.6 is 0 Å². The highest BCUT2D eigenvalue weighted by Crippen LogP contribution is 2.17. The van der Waals surface area contributed by atoms with Gasteiger partial charge in [0.15, 0.2) is 5.69 Å². The van der Waals surface area contributed by atoms with Crippen LogP contribution in [0.1, 0.15) is 35.9 Å². The Labute approximate surface area is 94.1 Å². The fourth-order valence-electron chi connectivity index (χ4n) is 1.83. The Bertz CT molecular complexity index is 400. The van der Waals surface area contributed by atoms with Crippen molar-refractivity contribution < 1.29 is 9.90 Å². The number of carboxylic acid groups (broad SMARTS) is 1. The summed E-state index contributed by atoms with van der Waals surface area (Å²) < 4.78 is 0. The molecule has 1 aliphatic heterocycles. The van der Waals surface area contributed by atoms with E-state index in [4.69, 9.17) is 5.11 Å². The molecule has 2 heterocycles. The highest BCUT2D eigenvalue weighted by molar-refractivity contribution is 5.85. The SMILES string of the molecule is CCc1cc(C(=O)O)nc(N2CCCC2)n1. The van der Waals surface area contributed by atoms with Crippen molar-refractivity contribution in [3.63, 3.8) is 0 Å². The summed E-state index contributed by atoms with van der Waals surface area (Å²) in [4.78, 5) is 21.4. The molecule has 1 aliphatic rings. The lowest BCUT2D eigenvalue weighted by molar-refractivity contribution is 0.0690. The summed E-state index contributed by atoms with van der Waals surface area (Å²) >= 11 is 0. The molecule has 5 heteroatoms. The molecule has 1 aromatic rings. The number of aromatic carboxylic acids is 1. The molecule has 1 N–H and O–H groups in total. The van der Waals surface area contributed by atoms with Crippen molar-refractivity contribution in [3.05, 3.63) is 17.5 Å². The fourth-order valence-corrected chi connectivity index (χ4v) is 1.83. The second kappa shape index (κ2) is 4.47. The molecule has 1 saturated heterocycles. The predicted octanol–water partition coefficient (Wildman–Crippen LogP) is 1.34. The smallest absolute Gasteiger partial charge is 0.354 e. The zero-order valence-electron chi connectivity index (χ0n) is 9.31. The van der Waals surface area contributed by atoms with E-state index in [9.17, 15) is 4.79 Å². The van der Waals surface area contributed by atoms with Gasteiger partial charge in [-0.05, 0) is 25.3 Å². The van der Waals surface area contributed by atoms with Gasteiger partial charge in [-0.1, -0.05) is 6.92 Å². The first-order valence-corrected chi connectivity index (χ1v) is 5.57. The summed E-state index contributed by atoms with van der Waals surface area (Å²) in [5, 5.41) is 8.96. The summed E-state index contributed by atoms with van der Waals surface area (Å²) in [6.07, 6.45) is 2.98. The molecule has 5 nitrogen and oxygen atoms in total. The molecule has 0 bridgehead atoms. The monoisotopic (exact) mass is 221 g/mol. The lowest BCUT2D eigenvalue weighted by Crippen LogP contribution is -2.22. The van der Waals surface area contributed by atoms with Gasteiger partial charge < -0.3 is 10.0 Å². The maximum absolute atomic E-state index is 10.9. The van der Waals surface area contributed by atoms with Gasteiger partial charge in [-0.2, -0.15) is 0 Å². The molecule has 1 aromatic heterocycles. The molecule has 0 atom stereocenters. The average molecular weight is 221 g/mol. The van der Waals surface area contributed by atoms with Crippen LogP contribution in [0.15, 0.2) is 6.07 Å². The van der Waals surface area contributed by atoms with Crippen molar-refractivity contribution in [2.75, 3.05) is 18.0 Å². The maximum Gasteiger partial charge on any atom is 0.354 e. The molecule has 1 fully saturated rings. The van der Waals surface area contributed by atoms with E-state index >= 15 is 0 Å². The van der Waals surface area contributed by atoms with Crippen molar-refractivity contribution in [2.24, 2.45) is 0 Å². The minimum atomic E-state index is -0.988. The van der Waals surface area contributed by atoms with Crippen LogP contribution in [-0.4, -0.2) is 34.1 Å². The van der Waals surface area contributed by atoms with Gasteiger partial charge in [-0.15, -0.1) is 0 Å². The van der Waals surface area contributed by atoms with Gasteiger partial charge in [0, 0.05) is 18.8 Å². The molecule has 0 aliphatic carbocycles. The number of aryl methyl sites for hydroxylation is 1. The Morgan fingerprint density at radius 2 is 2.12 bits per heavy atom. The van der Waals surface area contributed by atoms with Crippen molar-refractivity contribution in [1.82, 2.24) is 9.97 Å². The van der Waals surface area contributed by atoms with E-state index in [1.165, 1.54) is 0 Å². The fraction of sp³-hybridized carbons (Fsp3) is 0.545. The second-order valence-electron chi connectivity index (χ2n) is 3.90. The van der Waals surface area contributed by atoms with Gasteiger partial charge in [0.25, 0.3) is 0 Å². The molecule has 0 saturated carbocycles. The van der Waals surface area contributed by atoms with Crippen LogP contribution in [0.25, 0.3) is 0 Å². The van der Waals surface area contributed by atoms with Crippen LogP contribution in [0.5, 0.6) is 0 Å². The summed E-state index contributed by atoms with van der Waals surface area (Å²) in [6, 6.07) is 1.54. The van der Waals surface area contributed by atoms with Gasteiger partial charge in [0.2, 0.25) is 5.95 Å². The first-order chi connectivity index (χ1) is 7.70. The van der Waals surface area contributed by atoms with E-state index in [1.54, 1.807) is 6.07 Å². The number of nitrogens with zero attached hydrogens (tertiary/aromatic N) is 3. The van der Waals surface area contributed by atoms with Crippen molar-refractivity contribution in [3.8, 4) is 0 Å². The first-order valence-electron chi connectivity index (χ1n) is 5.57. The molecule has 86 valence electrons. The number of hydrogen-bond donors (Lipinski definition) is 1. The molecule has 0 radical (unpaired) electrons. The summed E-state index contributed by atoms with van der Waals surface area (Å²) in [6.45, 7) is 3.81. The Hall–Kier alpha value is -1.65. The third-order valence-corrected chi connectivity index (χ3v) is 2.74. The Balaban J connectivity index is 2.35. The van der Waals surface area contributed by atoms with Gasteiger partial charge in [-0.3, -0.25) is 0 Å². The quantitative estimate of drug-likeness (QED) is 0.834. The minimum Gasteiger partial charge on any atom is -0.477 e. The zero-order valence-corrected chi connectivity index (χ0v) is 9.31. The van der Waals surface area contributed by atoms with Gasteiger partial charge >= 0.3 is 5.97 Å². The molecule has 0 unspecified atom stereocenters. The normalized spacial score (nSPS) is 15.4. The van der Waals surface area contributed by atoms with Crippen molar-refractivity contribution >= 4 is 11.9 Å². The van der Waals surface area contributed by atoms with Crippen LogP contribution < -0.4 is 4.90 Å². The largest absolute Gasteiger partial charge is 0.477 e. The number of hydrogen-bond acceptors (Lipinski definition) is 4. The van der Waals surface area contributed by atoms with Crippen LogP contribution in [-0.2, 0) is 6.42 Å². The van der Waals surface area contributed by atoms with E-state index in [0.717, 1.165) is 38.0 Å². The highest BCUT2D eigenvalue weighted by atomic mass is 16.4. The standard InChI is InChI=1S/C11H15N3O2/c1-2-8-7-9(10(15)16)13-11(12-8)14-5-3-4-6-14/h7H,2-6H2,1H3,(H,15,16). The minimum absolute atomic E-state index is 0.0914. The lowest BCUT2D eigenvalue weighted by Gasteiger charge is -2.15. The van der Waals surface area contributed by atoms with E-state index in [0.29, 0.717) is 5.95 Å². The van der Waals surface area contributed by atoms with E-state index in [1.807, 2.05) is 11.8 Å². The van der Waals surface area contributed by atoms with Gasteiger partial charge in [0.1, 0.15) is 0 Å². The maximum atomic E-state index is 10.9. The van der Waals surface area contributed by atoms with Gasteiger partial charge in [0.05, 0.1) is 0 Å². The molecular weight excluding hydrogens is 206 g/mol. The lowest BCUT2D eigenvalue weighted by atomic mass is 10.3. The first kappa shape index (κ1) is 10.9. The molecule has 0 amide bonds. The topological polar surface area (TPSA) is 66.3 Å². The number of carbonyl (C=O) groups is 1. The average Bonchev–Trinajstić information content (AvgIpc) is 2.81. The predicted molar refractivity (Wildman–Crippen MR) is 59.8 cm³/mol. The second-order valence-corrected chi connectivity index (χ2v) is 3.90. The molecule has 2 rings (SSSR count). The van der Waals surface area contributed by atoms with Crippen LogP contribution in [0.2, 0.25) is 0 Å². The molecular formula is C11H15N3O2. The number of rotatable bonds is 3. The summed E-state index contributed by atoms with van der Waals surface area (Å²) in [5.41, 5.74) is 0.878. The Morgan fingerprint density at radius 3 is 2.69 bits per heavy atom. The third kappa shape index (κ3) is 2.13. The number of aromatic nitrogens is 2. The molecule has 0 aromatic carbocycles. The van der Waals surface area contributed by atoms with E-state index < -0.39 is 5.97 Å².